The Morgan fingerprint density at radius 3 is 1.11 bits per heavy atom. The van der Waals surface area contributed by atoms with Crippen LogP contribution in [0, 0.1) is 0 Å². The van der Waals surface area contributed by atoms with Gasteiger partial charge in [0.2, 0.25) is 0 Å². The minimum Gasteiger partial charge on any atom is -0.507 e. The zero-order valence-electron chi connectivity index (χ0n) is 23.5. The van der Waals surface area contributed by atoms with Crippen LogP contribution in [0.3, 0.4) is 0 Å². The number of benzene rings is 3. The van der Waals surface area contributed by atoms with E-state index in [1.807, 2.05) is 55.4 Å². The summed E-state index contributed by atoms with van der Waals surface area (Å²) in [6, 6.07) is 13.0. The summed E-state index contributed by atoms with van der Waals surface area (Å²) in [6.07, 6.45) is 0. The molecule has 0 atom stereocenters. The number of ether oxygens (including phenoxy) is 2. The van der Waals surface area contributed by atoms with Crippen molar-refractivity contribution in [3.63, 3.8) is 0 Å². The summed E-state index contributed by atoms with van der Waals surface area (Å²) in [5, 5.41) is 21.3. The van der Waals surface area contributed by atoms with Gasteiger partial charge >= 0.3 is 11.9 Å². The first-order valence-corrected chi connectivity index (χ1v) is 13.1. The Labute approximate surface area is 225 Å². The van der Waals surface area contributed by atoms with Crippen molar-refractivity contribution in [2.75, 3.05) is 0 Å². The third kappa shape index (κ3) is 6.36. The Bertz CT molecular complexity index is 1180. The maximum atomic E-state index is 13.0. The maximum absolute atomic E-state index is 13.0. The zero-order chi connectivity index (χ0) is 28.3. The molecule has 0 aliphatic rings. The molecule has 6 nitrogen and oxygen atoms in total. The number of hydrogen-bond acceptors (Lipinski definition) is 6. The Morgan fingerprint density at radius 2 is 0.842 bits per heavy atom. The van der Waals surface area contributed by atoms with Crippen LogP contribution in [0.15, 0.2) is 48.5 Å². The minimum atomic E-state index is -0.570. The predicted octanol–water partition coefficient (Wildman–Crippen LogP) is 8.03. The van der Waals surface area contributed by atoms with Crippen molar-refractivity contribution in [2.24, 2.45) is 0 Å². The van der Waals surface area contributed by atoms with Gasteiger partial charge in [0, 0.05) is 6.07 Å². The monoisotopic (exact) mass is 518 g/mol. The number of carbonyl (C=O) groups excluding carboxylic acids is 2. The van der Waals surface area contributed by atoms with Crippen LogP contribution in [0.2, 0.25) is 0 Å². The van der Waals surface area contributed by atoms with Gasteiger partial charge in [-0.05, 0) is 82.3 Å². The average Bonchev–Trinajstić information content (AvgIpc) is 2.83. The van der Waals surface area contributed by atoms with Crippen molar-refractivity contribution in [1.82, 2.24) is 0 Å². The normalized spacial score (nSPS) is 11.5. The van der Waals surface area contributed by atoms with Crippen LogP contribution in [0.25, 0.3) is 0 Å². The van der Waals surface area contributed by atoms with Gasteiger partial charge in [-0.15, -0.1) is 0 Å². The molecular formula is C32H38O6. The molecule has 0 saturated heterocycles. The van der Waals surface area contributed by atoms with Gasteiger partial charge in [-0.3, -0.25) is 0 Å². The number of carbonyl (C=O) groups is 2. The molecule has 0 heterocycles. The first kappa shape index (κ1) is 28.8. The van der Waals surface area contributed by atoms with E-state index in [-0.39, 0.29) is 46.7 Å². The Morgan fingerprint density at radius 1 is 0.553 bits per heavy atom. The third-order valence-corrected chi connectivity index (χ3v) is 6.52. The summed E-state index contributed by atoms with van der Waals surface area (Å²) in [5.41, 5.74) is 3.40. The topological polar surface area (TPSA) is 93.1 Å². The SMILES string of the molecule is CC(C)c1cc(C(=O)Oc2cccc(OC(=O)c3cc(C(C)C)c(O)c(C(C)C)c3)c2)cc(C(C)C)c1O. The van der Waals surface area contributed by atoms with Crippen molar-refractivity contribution >= 4 is 11.9 Å². The third-order valence-electron chi connectivity index (χ3n) is 6.52. The van der Waals surface area contributed by atoms with E-state index in [9.17, 15) is 19.8 Å². The molecule has 0 radical (unpaired) electrons. The van der Waals surface area contributed by atoms with Gasteiger partial charge in [0.1, 0.15) is 23.0 Å². The fourth-order valence-corrected chi connectivity index (χ4v) is 4.29. The lowest BCUT2D eigenvalue weighted by atomic mass is 9.91. The molecule has 0 aliphatic heterocycles. The molecule has 0 unspecified atom stereocenters. The molecule has 38 heavy (non-hydrogen) atoms. The Kier molecular flexibility index (Phi) is 8.87. The summed E-state index contributed by atoms with van der Waals surface area (Å²) < 4.78 is 11.2. The molecule has 2 N–H and O–H groups in total. The zero-order valence-corrected chi connectivity index (χ0v) is 23.5. The van der Waals surface area contributed by atoms with Crippen molar-refractivity contribution < 1.29 is 29.3 Å². The van der Waals surface area contributed by atoms with E-state index in [0.29, 0.717) is 33.4 Å². The number of esters is 2. The molecule has 202 valence electrons. The number of phenolic OH excluding ortho intramolecular Hbond substituents is 2. The van der Waals surface area contributed by atoms with Crippen molar-refractivity contribution in [2.45, 2.75) is 79.1 Å². The number of hydrogen-bond donors (Lipinski definition) is 2. The van der Waals surface area contributed by atoms with Gasteiger partial charge in [0.15, 0.2) is 0 Å². The van der Waals surface area contributed by atoms with E-state index in [0.717, 1.165) is 0 Å². The molecule has 0 spiro atoms. The van der Waals surface area contributed by atoms with E-state index >= 15 is 0 Å². The van der Waals surface area contributed by atoms with E-state index in [1.165, 1.54) is 6.07 Å². The Balaban J connectivity index is 1.86. The maximum Gasteiger partial charge on any atom is 0.343 e. The van der Waals surface area contributed by atoms with Crippen molar-refractivity contribution in [1.29, 1.82) is 0 Å². The lowest BCUT2D eigenvalue weighted by Crippen LogP contribution is -2.12. The second kappa shape index (κ2) is 11.7. The molecule has 0 aliphatic carbocycles. The molecule has 0 fully saturated rings. The minimum absolute atomic E-state index is 0.0234. The lowest BCUT2D eigenvalue weighted by molar-refractivity contribution is 0.0732. The summed E-state index contributed by atoms with van der Waals surface area (Å²) >= 11 is 0. The lowest BCUT2D eigenvalue weighted by Gasteiger charge is -2.17. The molecule has 3 rings (SSSR count). The van der Waals surface area contributed by atoms with Gasteiger partial charge in [0.05, 0.1) is 11.1 Å². The number of rotatable bonds is 8. The van der Waals surface area contributed by atoms with E-state index in [2.05, 4.69) is 0 Å². The fraction of sp³-hybridized carbons (Fsp3) is 0.375. The van der Waals surface area contributed by atoms with Crippen molar-refractivity contribution in [3.8, 4) is 23.0 Å². The average molecular weight is 519 g/mol. The highest BCUT2D eigenvalue weighted by Crippen LogP contribution is 2.36. The first-order valence-electron chi connectivity index (χ1n) is 13.1. The quantitative estimate of drug-likeness (QED) is 0.232. The smallest absolute Gasteiger partial charge is 0.343 e. The highest BCUT2D eigenvalue weighted by molar-refractivity contribution is 5.93. The molecule has 0 aromatic heterocycles. The largest absolute Gasteiger partial charge is 0.507 e. The number of aromatic hydroxyl groups is 2. The van der Waals surface area contributed by atoms with Gasteiger partial charge in [-0.1, -0.05) is 61.5 Å². The van der Waals surface area contributed by atoms with Crippen LogP contribution < -0.4 is 9.47 Å². The molecule has 0 bridgehead atoms. The van der Waals surface area contributed by atoms with Crippen LogP contribution >= 0.6 is 0 Å². The van der Waals surface area contributed by atoms with Gasteiger partial charge in [-0.2, -0.15) is 0 Å². The standard InChI is InChI=1S/C32H38O6/c1-17(2)25-12-21(13-26(18(3)4)29(25)33)31(35)37-23-10-9-11-24(16-23)38-32(36)22-14-27(19(5)6)30(34)28(15-22)20(7)8/h9-20,33-34H,1-8H3. The van der Waals surface area contributed by atoms with E-state index in [4.69, 9.17) is 9.47 Å². The predicted molar refractivity (Wildman–Crippen MR) is 149 cm³/mol. The van der Waals surface area contributed by atoms with E-state index < -0.39 is 11.9 Å². The van der Waals surface area contributed by atoms with Crippen molar-refractivity contribution in [3.05, 3.63) is 81.9 Å². The van der Waals surface area contributed by atoms with Crippen LogP contribution in [-0.4, -0.2) is 22.2 Å². The molecule has 3 aromatic carbocycles. The van der Waals surface area contributed by atoms with Crippen LogP contribution in [-0.2, 0) is 0 Å². The molecule has 6 heteroatoms. The van der Waals surface area contributed by atoms with Crippen LogP contribution in [0.5, 0.6) is 23.0 Å². The van der Waals surface area contributed by atoms with Crippen LogP contribution in [0.1, 0.15) is 122 Å². The molecular weight excluding hydrogens is 480 g/mol. The van der Waals surface area contributed by atoms with Crippen LogP contribution in [0.4, 0.5) is 0 Å². The second-order valence-corrected chi connectivity index (χ2v) is 10.9. The summed E-state index contributed by atoms with van der Waals surface area (Å²) in [4.78, 5) is 26.1. The summed E-state index contributed by atoms with van der Waals surface area (Å²) in [5.74, 6) is -0.190. The van der Waals surface area contributed by atoms with Gasteiger partial charge < -0.3 is 19.7 Å². The molecule has 3 aromatic rings. The highest BCUT2D eigenvalue weighted by Gasteiger charge is 2.21. The van der Waals surface area contributed by atoms with Gasteiger partial charge in [0.25, 0.3) is 0 Å². The highest BCUT2D eigenvalue weighted by atomic mass is 16.5. The Hall–Kier alpha value is -3.80. The summed E-state index contributed by atoms with van der Waals surface area (Å²) in [7, 11) is 0. The summed E-state index contributed by atoms with van der Waals surface area (Å²) in [6.45, 7) is 15.6. The molecule has 0 amide bonds. The van der Waals surface area contributed by atoms with Gasteiger partial charge in [-0.25, -0.2) is 9.59 Å². The first-order chi connectivity index (χ1) is 17.8. The molecule has 0 saturated carbocycles. The van der Waals surface area contributed by atoms with E-state index in [1.54, 1.807) is 42.5 Å². The number of phenols is 2. The fourth-order valence-electron chi connectivity index (χ4n) is 4.29. The second-order valence-electron chi connectivity index (χ2n) is 10.9.